The molecule has 1 heterocycles. The maximum Gasteiger partial charge on any atom is 0.128 e. The topological polar surface area (TPSA) is 29.9 Å². The van der Waals surface area contributed by atoms with Crippen molar-refractivity contribution in [2.24, 2.45) is 13.0 Å². The first-order valence-electron chi connectivity index (χ1n) is 4.64. The average molecular weight is 200 g/mol. The summed E-state index contributed by atoms with van der Waals surface area (Å²) in [6, 6.07) is 0. The van der Waals surface area contributed by atoms with E-state index >= 15 is 0 Å². The van der Waals surface area contributed by atoms with Gasteiger partial charge in [0.05, 0.1) is 12.7 Å². The Morgan fingerprint density at radius 1 is 1.69 bits per heavy atom. The van der Waals surface area contributed by atoms with Crippen LogP contribution in [-0.4, -0.2) is 16.1 Å². The number of nitrogens with one attached hydrogen (secondary N) is 1. The van der Waals surface area contributed by atoms with Gasteiger partial charge in [0.15, 0.2) is 0 Å². The van der Waals surface area contributed by atoms with Crippen LogP contribution in [-0.2, 0) is 13.6 Å². The predicted octanol–water partition coefficient (Wildman–Crippen LogP) is 1.57. The van der Waals surface area contributed by atoms with Gasteiger partial charge in [0.25, 0.3) is 0 Å². The molecular weight excluding hydrogens is 186 g/mol. The van der Waals surface area contributed by atoms with Gasteiger partial charge in [-0.3, -0.25) is 0 Å². The summed E-state index contributed by atoms with van der Waals surface area (Å²) in [5.74, 6) is 1.92. The molecule has 4 heteroatoms. The monoisotopic (exact) mass is 199 g/mol. The van der Waals surface area contributed by atoms with E-state index in [1.54, 1.807) is 6.20 Å². The number of hydrogen-bond acceptors (Lipinski definition) is 2. The molecule has 1 fully saturated rings. The van der Waals surface area contributed by atoms with Gasteiger partial charge in [0, 0.05) is 7.05 Å². The van der Waals surface area contributed by atoms with E-state index < -0.39 is 0 Å². The van der Waals surface area contributed by atoms with Crippen molar-refractivity contribution in [1.29, 1.82) is 0 Å². The number of hydrogen-bond donors (Lipinski definition) is 1. The molecule has 1 N–H and O–H groups in total. The van der Waals surface area contributed by atoms with Gasteiger partial charge in [-0.15, -0.1) is 0 Å². The van der Waals surface area contributed by atoms with Crippen LogP contribution >= 0.6 is 11.6 Å². The minimum absolute atomic E-state index is 0.697. The summed E-state index contributed by atoms with van der Waals surface area (Å²) in [5, 5.41) is 4.07. The minimum atomic E-state index is 0.697. The zero-order valence-electron chi connectivity index (χ0n) is 7.76. The van der Waals surface area contributed by atoms with E-state index in [-0.39, 0.29) is 0 Å². The van der Waals surface area contributed by atoms with Gasteiger partial charge < -0.3 is 9.88 Å². The third-order valence-electron chi connectivity index (χ3n) is 2.44. The van der Waals surface area contributed by atoms with Gasteiger partial charge in [0.2, 0.25) is 0 Å². The molecule has 0 unspecified atom stereocenters. The Morgan fingerprint density at radius 3 is 3.00 bits per heavy atom. The lowest BCUT2D eigenvalue weighted by atomic mass is 10.4. The smallest absolute Gasteiger partial charge is 0.128 e. The Hall–Kier alpha value is -0.540. The average Bonchev–Trinajstić information content (AvgIpc) is 2.88. The summed E-state index contributed by atoms with van der Waals surface area (Å²) in [5.41, 5.74) is 0. The molecule has 0 aliphatic heterocycles. The molecule has 1 aliphatic rings. The van der Waals surface area contributed by atoms with E-state index in [1.165, 1.54) is 12.8 Å². The zero-order chi connectivity index (χ0) is 9.26. The van der Waals surface area contributed by atoms with Crippen LogP contribution in [0.2, 0.25) is 5.15 Å². The van der Waals surface area contributed by atoms with Crippen molar-refractivity contribution in [2.75, 3.05) is 6.54 Å². The maximum atomic E-state index is 5.86. The molecule has 1 aromatic rings. The zero-order valence-corrected chi connectivity index (χ0v) is 8.51. The van der Waals surface area contributed by atoms with Gasteiger partial charge in [0.1, 0.15) is 11.0 Å². The minimum Gasteiger partial charge on any atom is -0.321 e. The second-order valence-corrected chi connectivity index (χ2v) is 4.02. The first-order valence-corrected chi connectivity index (χ1v) is 5.02. The van der Waals surface area contributed by atoms with Gasteiger partial charge in [-0.1, -0.05) is 11.6 Å². The molecule has 0 aromatic carbocycles. The first kappa shape index (κ1) is 9.03. The van der Waals surface area contributed by atoms with Crippen molar-refractivity contribution in [3.8, 4) is 0 Å². The fourth-order valence-electron chi connectivity index (χ4n) is 1.30. The fraction of sp³-hybridized carbons (Fsp3) is 0.667. The Balaban J connectivity index is 1.82. The van der Waals surface area contributed by atoms with Crippen molar-refractivity contribution >= 4 is 11.6 Å². The van der Waals surface area contributed by atoms with Crippen LogP contribution in [0, 0.1) is 5.92 Å². The molecule has 0 atom stereocenters. The second-order valence-electron chi connectivity index (χ2n) is 3.63. The standard InChI is InChI=1S/C9H14ClN3/c1-13-8(10)5-12-9(13)6-11-4-7-2-3-7/h5,7,11H,2-4,6H2,1H3. The van der Waals surface area contributed by atoms with E-state index in [4.69, 9.17) is 11.6 Å². The molecular formula is C9H14ClN3. The molecule has 1 aromatic heterocycles. The Morgan fingerprint density at radius 2 is 2.46 bits per heavy atom. The molecule has 0 spiro atoms. The summed E-state index contributed by atoms with van der Waals surface area (Å²) in [4.78, 5) is 4.20. The lowest BCUT2D eigenvalue weighted by Crippen LogP contribution is -2.18. The van der Waals surface area contributed by atoms with Gasteiger partial charge in [-0.05, 0) is 25.3 Å². The SMILES string of the molecule is Cn1c(Cl)cnc1CNCC1CC1. The van der Waals surface area contributed by atoms with Crippen LogP contribution in [0.15, 0.2) is 6.20 Å². The lowest BCUT2D eigenvalue weighted by Gasteiger charge is -2.03. The third kappa shape index (κ3) is 2.23. The van der Waals surface area contributed by atoms with Gasteiger partial charge in [-0.25, -0.2) is 4.98 Å². The highest BCUT2D eigenvalue weighted by atomic mass is 35.5. The van der Waals surface area contributed by atoms with Gasteiger partial charge >= 0.3 is 0 Å². The van der Waals surface area contributed by atoms with E-state index in [0.29, 0.717) is 5.15 Å². The van der Waals surface area contributed by atoms with E-state index in [2.05, 4.69) is 10.3 Å². The number of halogens is 1. The number of aromatic nitrogens is 2. The van der Waals surface area contributed by atoms with Crippen LogP contribution < -0.4 is 5.32 Å². The van der Waals surface area contributed by atoms with Crippen molar-refractivity contribution < 1.29 is 0 Å². The third-order valence-corrected chi connectivity index (χ3v) is 2.79. The number of rotatable bonds is 4. The molecule has 13 heavy (non-hydrogen) atoms. The van der Waals surface area contributed by atoms with Crippen molar-refractivity contribution in [3.63, 3.8) is 0 Å². The highest BCUT2D eigenvalue weighted by Gasteiger charge is 2.20. The molecule has 72 valence electrons. The van der Waals surface area contributed by atoms with Crippen LogP contribution in [0.5, 0.6) is 0 Å². The normalized spacial score (nSPS) is 16.5. The highest BCUT2D eigenvalue weighted by Crippen LogP contribution is 2.27. The Bertz CT molecular complexity index is 291. The fourth-order valence-corrected chi connectivity index (χ4v) is 1.44. The molecule has 3 nitrogen and oxygen atoms in total. The van der Waals surface area contributed by atoms with Crippen LogP contribution in [0.3, 0.4) is 0 Å². The Labute approximate surface area is 83.1 Å². The summed E-state index contributed by atoms with van der Waals surface area (Å²) in [6.45, 7) is 1.93. The molecule has 1 saturated carbocycles. The van der Waals surface area contributed by atoms with Gasteiger partial charge in [-0.2, -0.15) is 0 Å². The predicted molar refractivity (Wildman–Crippen MR) is 52.6 cm³/mol. The Kier molecular flexibility index (Phi) is 2.56. The highest BCUT2D eigenvalue weighted by molar-refractivity contribution is 6.29. The molecule has 2 rings (SSSR count). The molecule has 0 bridgehead atoms. The van der Waals surface area contributed by atoms with E-state index in [0.717, 1.165) is 24.8 Å². The van der Waals surface area contributed by atoms with Crippen LogP contribution in [0.25, 0.3) is 0 Å². The van der Waals surface area contributed by atoms with Crippen molar-refractivity contribution in [2.45, 2.75) is 19.4 Å². The van der Waals surface area contributed by atoms with E-state index in [1.807, 2.05) is 11.6 Å². The van der Waals surface area contributed by atoms with Crippen LogP contribution in [0.4, 0.5) is 0 Å². The number of nitrogens with zero attached hydrogens (tertiary/aromatic N) is 2. The summed E-state index contributed by atoms with van der Waals surface area (Å²) >= 11 is 5.86. The van der Waals surface area contributed by atoms with Crippen molar-refractivity contribution in [3.05, 3.63) is 17.2 Å². The quantitative estimate of drug-likeness (QED) is 0.798. The van der Waals surface area contributed by atoms with Crippen LogP contribution in [0.1, 0.15) is 18.7 Å². The lowest BCUT2D eigenvalue weighted by molar-refractivity contribution is 0.604. The number of imidazole rings is 1. The largest absolute Gasteiger partial charge is 0.321 e. The maximum absolute atomic E-state index is 5.86. The first-order chi connectivity index (χ1) is 6.27. The summed E-state index contributed by atoms with van der Waals surface area (Å²) in [6.07, 6.45) is 4.46. The van der Waals surface area contributed by atoms with Crippen molar-refractivity contribution in [1.82, 2.24) is 14.9 Å². The molecule has 0 radical (unpaired) electrons. The second kappa shape index (κ2) is 3.68. The summed E-state index contributed by atoms with van der Waals surface area (Å²) in [7, 11) is 1.93. The molecule has 1 aliphatic carbocycles. The summed E-state index contributed by atoms with van der Waals surface area (Å²) < 4.78 is 1.90. The van der Waals surface area contributed by atoms with E-state index in [9.17, 15) is 0 Å². The molecule has 0 saturated heterocycles. The molecule has 0 amide bonds.